The molecular weight excluding hydrogens is 246 g/mol. The van der Waals surface area contributed by atoms with Crippen molar-refractivity contribution in [3.05, 3.63) is 70.3 Å². The number of aryl methyl sites for hydroxylation is 2. The average Bonchev–Trinajstić information content (AvgIpc) is 2.47. The maximum Gasteiger partial charge on any atom is 0.0755 e. The summed E-state index contributed by atoms with van der Waals surface area (Å²) in [6.07, 6.45) is 2.11. The predicted octanol–water partition coefficient (Wildman–Crippen LogP) is 3.85. The van der Waals surface area contributed by atoms with E-state index >= 15 is 0 Å². The lowest BCUT2D eigenvalue weighted by molar-refractivity contribution is 0.325. The molecule has 2 heteroatoms. The molecule has 20 heavy (non-hydrogen) atoms. The smallest absolute Gasteiger partial charge is 0.0755 e. The first kappa shape index (κ1) is 12.9. The van der Waals surface area contributed by atoms with Crippen LogP contribution in [0.3, 0.4) is 0 Å². The van der Waals surface area contributed by atoms with Crippen LogP contribution in [0, 0.1) is 13.8 Å². The fraction of sp³-hybridized carbons (Fsp3) is 0.222. The SMILES string of the molecule is Cc1ccccc1C1Nc2c(C)cccc2C=C1CO. The summed E-state index contributed by atoms with van der Waals surface area (Å²) in [5.41, 5.74) is 7.02. The van der Waals surface area contributed by atoms with E-state index in [0.717, 1.165) is 16.8 Å². The number of benzene rings is 2. The van der Waals surface area contributed by atoms with E-state index < -0.39 is 0 Å². The van der Waals surface area contributed by atoms with Crippen LogP contribution in [0.4, 0.5) is 5.69 Å². The van der Waals surface area contributed by atoms with Crippen LogP contribution in [0.2, 0.25) is 0 Å². The lowest BCUT2D eigenvalue weighted by Gasteiger charge is -2.30. The molecule has 0 spiro atoms. The van der Waals surface area contributed by atoms with Crippen LogP contribution in [0.1, 0.15) is 28.3 Å². The van der Waals surface area contributed by atoms with E-state index in [0.29, 0.717) is 0 Å². The van der Waals surface area contributed by atoms with Gasteiger partial charge in [0.2, 0.25) is 0 Å². The van der Waals surface area contributed by atoms with Crippen LogP contribution in [0.25, 0.3) is 6.08 Å². The standard InChI is InChI=1S/C18H19NO/c1-12-6-3-4-9-16(12)18-15(11-20)10-14-8-5-7-13(2)17(14)19-18/h3-10,18-20H,11H2,1-2H3. The Morgan fingerprint density at radius 2 is 1.75 bits per heavy atom. The third-order valence-corrected chi connectivity index (χ3v) is 3.99. The Morgan fingerprint density at radius 3 is 2.50 bits per heavy atom. The van der Waals surface area contributed by atoms with Crippen molar-refractivity contribution in [2.24, 2.45) is 0 Å². The second kappa shape index (κ2) is 5.14. The summed E-state index contributed by atoms with van der Waals surface area (Å²) < 4.78 is 0. The molecule has 102 valence electrons. The maximum atomic E-state index is 9.70. The largest absolute Gasteiger partial charge is 0.392 e. The normalized spacial score (nSPS) is 17.1. The zero-order chi connectivity index (χ0) is 14.1. The molecule has 0 aromatic heterocycles. The van der Waals surface area contributed by atoms with Crippen molar-refractivity contribution in [2.75, 3.05) is 11.9 Å². The number of hydrogen-bond donors (Lipinski definition) is 2. The minimum Gasteiger partial charge on any atom is -0.392 e. The molecule has 2 nitrogen and oxygen atoms in total. The molecule has 0 saturated heterocycles. The lowest BCUT2D eigenvalue weighted by Crippen LogP contribution is -2.21. The van der Waals surface area contributed by atoms with Gasteiger partial charge >= 0.3 is 0 Å². The number of para-hydroxylation sites is 1. The molecule has 0 aliphatic carbocycles. The van der Waals surface area contributed by atoms with E-state index in [4.69, 9.17) is 0 Å². The van der Waals surface area contributed by atoms with E-state index in [9.17, 15) is 5.11 Å². The maximum absolute atomic E-state index is 9.70. The number of nitrogens with one attached hydrogen (secondary N) is 1. The Morgan fingerprint density at radius 1 is 1.00 bits per heavy atom. The highest BCUT2D eigenvalue weighted by Crippen LogP contribution is 2.37. The number of aliphatic hydroxyl groups is 1. The number of aliphatic hydroxyl groups excluding tert-OH is 1. The summed E-state index contributed by atoms with van der Waals surface area (Å²) in [6.45, 7) is 4.29. The fourth-order valence-electron chi connectivity index (χ4n) is 2.85. The van der Waals surface area contributed by atoms with Crippen LogP contribution >= 0.6 is 0 Å². The zero-order valence-corrected chi connectivity index (χ0v) is 11.9. The molecule has 1 aliphatic heterocycles. The van der Waals surface area contributed by atoms with Gasteiger partial charge in [0.1, 0.15) is 0 Å². The van der Waals surface area contributed by atoms with Crippen LogP contribution in [0.5, 0.6) is 0 Å². The summed E-state index contributed by atoms with van der Waals surface area (Å²) in [5, 5.41) is 13.3. The van der Waals surface area contributed by atoms with Gasteiger partial charge in [0, 0.05) is 5.69 Å². The molecule has 1 atom stereocenters. The summed E-state index contributed by atoms with van der Waals surface area (Å²) in [5.74, 6) is 0. The Bertz CT molecular complexity index is 673. The molecule has 0 bridgehead atoms. The molecule has 2 N–H and O–H groups in total. The van der Waals surface area contributed by atoms with Crippen LogP contribution in [-0.4, -0.2) is 11.7 Å². The van der Waals surface area contributed by atoms with Crippen molar-refractivity contribution in [1.29, 1.82) is 0 Å². The Balaban J connectivity index is 2.11. The first-order valence-corrected chi connectivity index (χ1v) is 6.93. The second-order valence-corrected chi connectivity index (χ2v) is 5.35. The Labute approximate surface area is 119 Å². The van der Waals surface area contributed by atoms with Crippen molar-refractivity contribution in [2.45, 2.75) is 19.9 Å². The van der Waals surface area contributed by atoms with Crippen molar-refractivity contribution < 1.29 is 5.11 Å². The first-order valence-electron chi connectivity index (χ1n) is 6.93. The van der Waals surface area contributed by atoms with Gasteiger partial charge in [0.05, 0.1) is 12.6 Å². The molecule has 0 saturated carbocycles. The molecule has 3 rings (SSSR count). The van der Waals surface area contributed by atoms with E-state index in [1.165, 1.54) is 16.7 Å². The number of fused-ring (bicyclic) bond motifs is 1. The predicted molar refractivity (Wildman–Crippen MR) is 83.8 cm³/mol. The minimum absolute atomic E-state index is 0.0507. The van der Waals surface area contributed by atoms with Gasteiger partial charge in [-0.2, -0.15) is 0 Å². The molecule has 0 amide bonds. The van der Waals surface area contributed by atoms with Crippen LogP contribution in [0.15, 0.2) is 48.0 Å². The van der Waals surface area contributed by atoms with E-state index in [1.54, 1.807) is 0 Å². The van der Waals surface area contributed by atoms with Gasteiger partial charge in [-0.25, -0.2) is 0 Å². The highest BCUT2D eigenvalue weighted by atomic mass is 16.3. The summed E-state index contributed by atoms with van der Waals surface area (Å²) in [7, 11) is 0. The number of rotatable bonds is 2. The van der Waals surface area contributed by atoms with E-state index in [2.05, 4.69) is 55.6 Å². The monoisotopic (exact) mass is 265 g/mol. The molecule has 1 unspecified atom stereocenters. The van der Waals surface area contributed by atoms with E-state index in [1.807, 2.05) is 12.1 Å². The van der Waals surface area contributed by atoms with Crippen molar-refractivity contribution in [3.63, 3.8) is 0 Å². The van der Waals surface area contributed by atoms with Gasteiger partial charge in [-0.15, -0.1) is 0 Å². The highest BCUT2D eigenvalue weighted by Gasteiger charge is 2.23. The Hall–Kier alpha value is -2.06. The van der Waals surface area contributed by atoms with Crippen LogP contribution in [-0.2, 0) is 0 Å². The third-order valence-electron chi connectivity index (χ3n) is 3.99. The summed E-state index contributed by atoms with van der Waals surface area (Å²) in [6, 6.07) is 14.6. The van der Waals surface area contributed by atoms with Gasteiger partial charge in [-0.05, 0) is 47.8 Å². The average molecular weight is 265 g/mol. The van der Waals surface area contributed by atoms with Gasteiger partial charge in [-0.3, -0.25) is 0 Å². The van der Waals surface area contributed by atoms with Gasteiger partial charge in [0.15, 0.2) is 0 Å². The van der Waals surface area contributed by atoms with Crippen molar-refractivity contribution >= 4 is 11.8 Å². The molecule has 1 aliphatic rings. The molecule has 0 fully saturated rings. The van der Waals surface area contributed by atoms with Gasteiger partial charge in [-0.1, -0.05) is 42.5 Å². The molecule has 0 radical (unpaired) electrons. The summed E-state index contributed by atoms with van der Waals surface area (Å²) >= 11 is 0. The topological polar surface area (TPSA) is 32.3 Å². The summed E-state index contributed by atoms with van der Waals surface area (Å²) in [4.78, 5) is 0. The molecule has 2 aromatic rings. The van der Waals surface area contributed by atoms with Gasteiger partial charge in [0.25, 0.3) is 0 Å². The van der Waals surface area contributed by atoms with Crippen LogP contribution < -0.4 is 5.32 Å². The Kier molecular flexibility index (Phi) is 3.33. The van der Waals surface area contributed by atoms with E-state index in [-0.39, 0.29) is 12.6 Å². The van der Waals surface area contributed by atoms with Crippen molar-refractivity contribution in [1.82, 2.24) is 0 Å². The van der Waals surface area contributed by atoms with Gasteiger partial charge < -0.3 is 10.4 Å². The number of anilines is 1. The second-order valence-electron chi connectivity index (χ2n) is 5.35. The molecule has 1 heterocycles. The third kappa shape index (κ3) is 2.12. The fourth-order valence-corrected chi connectivity index (χ4v) is 2.85. The quantitative estimate of drug-likeness (QED) is 0.864. The highest BCUT2D eigenvalue weighted by molar-refractivity contribution is 5.76. The number of hydrogen-bond acceptors (Lipinski definition) is 2. The molecule has 2 aromatic carbocycles. The van der Waals surface area contributed by atoms with Crippen molar-refractivity contribution in [3.8, 4) is 0 Å². The zero-order valence-electron chi connectivity index (χ0n) is 11.9. The lowest BCUT2D eigenvalue weighted by atomic mass is 9.89. The minimum atomic E-state index is 0.0507. The first-order chi connectivity index (χ1) is 9.70. The molecular formula is C18H19NO.